The summed E-state index contributed by atoms with van der Waals surface area (Å²) >= 11 is 0. The largest absolute Gasteiger partial charge is 0.352 e. The van der Waals surface area contributed by atoms with Crippen LogP contribution in [-0.2, 0) is 16.1 Å². The second-order valence-electron chi connectivity index (χ2n) is 7.94. The van der Waals surface area contributed by atoms with Crippen LogP contribution in [0.1, 0.15) is 39.0 Å². The summed E-state index contributed by atoms with van der Waals surface area (Å²) in [4.78, 5) is 28.7. The summed E-state index contributed by atoms with van der Waals surface area (Å²) < 4.78 is 1.67. The Morgan fingerprint density at radius 2 is 1.68 bits per heavy atom. The van der Waals surface area contributed by atoms with E-state index >= 15 is 0 Å². The fourth-order valence-corrected chi connectivity index (χ4v) is 3.94. The summed E-state index contributed by atoms with van der Waals surface area (Å²) in [6.45, 7) is 1.60. The first kappa shape index (κ1) is 20.8. The molecule has 0 spiro atoms. The molecule has 1 fully saturated rings. The van der Waals surface area contributed by atoms with E-state index in [9.17, 15) is 9.59 Å². The van der Waals surface area contributed by atoms with Crippen LogP contribution in [0, 0.1) is 0 Å². The molecule has 160 valence electrons. The van der Waals surface area contributed by atoms with Gasteiger partial charge in [-0.2, -0.15) is 0 Å². The number of carbonyl (C=O) groups is 2. The molecule has 2 amide bonds. The first-order chi connectivity index (χ1) is 15.1. The van der Waals surface area contributed by atoms with Gasteiger partial charge in [0.05, 0.1) is 0 Å². The average molecular weight is 418 g/mol. The number of hydrogen-bond donors (Lipinski definition) is 2. The minimum Gasteiger partial charge on any atom is -0.352 e. The Labute approximate surface area is 181 Å². The van der Waals surface area contributed by atoms with E-state index in [0.717, 1.165) is 24.0 Å². The van der Waals surface area contributed by atoms with Crippen molar-refractivity contribution >= 4 is 17.5 Å². The highest BCUT2D eigenvalue weighted by Gasteiger charge is 2.19. The highest BCUT2D eigenvalue weighted by molar-refractivity contribution is 5.88. The number of carbonyl (C=O) groups excluding carboxylic acids is 2. The van der Waals surface area contributed by atoms with Crippen molar-refractivity contribution in [2.24, 2.45) is 0 Å². The number of anilines is 1. The van der Waals surface area contributed by atoms with E-state index in [1.54, 1.807) is 4.68 Å². The van der Waals surface area contributed by atoms with E-state index in [1.807, 2.05) is 54.6 Å². The smallest absolute Gasteiger partial charge is 0.242 e. The lowest BCUT2D eigenvalue weighted by molar-refractivity contribution is -0.122. The zero-order valence-electron chi connectivity index (χ0n) is 17.7. The summed E-state index contributed by atoms with van der Waals surface area (Å²) in [6.07, 6.45) is 5.67. The normalized spacial score (nSPS) is 14.2. The van der Waals surface area contributed by atoms with E-state index in [1.165, 1.54) is 26.2 Å². The van der Waals surface area contributed by atoms with Gasteiger partial charge in [-0.1, -0.05) is 49.6 Å². The molecule has 0 aliphatic heterocycles. The molecule has 1 aliphatic carbocycles. The summed E-state index contributed by atoms with van der Waals surface area (Å²) in [5.74, 6) is 1.03. The third-order valence-electron chi connectivity index (χ3n) is 5.43. The quantitative estimate of drug-likeness (QED) is 0.634. The van der Waals surface area contributed by atoms with Crippen molar-refractivity contribution in [2.75, 3.05) is 5.32 Å². The van der Waals surface area contributed by atoms with Crippen molar-refractivity contribution in [3.05, 3.63) is 54.6 Å². The highest BCUT2D eigenvalue weighted by atomic mass is 16.2. The first-order valence-corrected chi connectivity index (χ1v) is 10.8. The third-order valence-corrected chi connectivity index (χ3v) is 5.43. The molecule has 2 N–H and O–H groups in total. The molecule has 7 heteroatoms. The van der Waals surface area contributed by atoms with Gasteiger partial charge in [-0.15, -0.1) is 5.10 Å². The van der Waals surface area contributed by atoms with Gasteiger partial charge in [0.1, 0.15) is 6.54 Å². The molecule has 1 aliphatic rings. The molecule has 1 heterocycles. The Balaban J connectivity index is 1.58. The predicted octanol–water partition coefficient (Wildman–Crippen LogP) is 4.02. The molecular formula is C24H27N5O2. The lowest BCUT2D eigenvalue weighted by atomic mass is 9.95. The Morgan fingerprint density at radius 3 is 2.35 bits per heavy atom. The molecule has 0 atom stereocenters. The van der Waals surface area contributed by atoms with Crippen molar-refractivity contribution in [1.29, 1.82) is 0 Å². The van der Waals surface area contributed by atoms with Crippen LogP contribution in [0.4, 0.5) is 5.69 Å². The van der Waals surface area contributed by atoms with Gasteiger partial charge in [0, 0.05) is 29.8 Å². The van der Waals surface area contributed by atoms with Gasteiger partial charge in [0.2, 0.25) is 11.8 Å². The predicted molar refractivity (Wildman–Crippen MR) is 120 cm³/mol. The van der Waals surface area contributed by atoms with Crippen molar-refractivity contribution < 1.29 is 9.59 Å². The average Bonchev–Trinajstić information content (AvgIpc) is 3.18. The summed E-state index contributed by atoms with van der Waals surface area (Å²) in [5.41, 5.74) is 2.44. The zero-order chi connectivity index (χ0) is 21.6. The molecular weight excluding hydrogens is 390 g/mol. The lowest BCUT2D eigenvalue weighted by Gasteiger charge is -2.22. The number of hydrogen-bond acceptors (Lipinski definition) is 4. The zero-order valence-corrected chi connectivity index (χ0v) is 17.7. The van der Waals surface area contributed by atoms with Gasteiger partial charge in [0.25, 0.3) is 0 Å². The van der Waals surface area contributed by atoms with Crippen LogP contribution in [0.3, 0.4) is 0 Å². The van der Waals surface area contributed by atoms with E-state index in [2.05, 4.69) is 15.7 Å². The number of benzene rings is 2. The van der Waals surface area contributed by atoms with Crippen molar-refractivity contribution in [1.82, 2.24) is 20.1 Å². The molecule has 0 saturated heterocycles. The van der Waals surface area contributed by atoms with Crippen molar-refractivity contribution in [3.63, 3.8) is 0 Å². The van der Waals surface area contributed by atoms with Gasteiger partial charge in [-0.3, -0.25) is 9.59 Å². The number of rotatable bonds is 6. The summed E-state index contributed by atoms with van der Waals surface area (Å²) in [7, 11) is 0. The van der Waals surface area contributed by atoms with E-state index in [0.29, 0.717) is 17.3 Å². The summed E-state index contributed by atoms with van der Waals surface area (Å²) in [6, 6.07) is 17.4. The minimum atomic E-state index is -0.120. The number of nitrogens with one attached hydrogen (secondary N) is 2. The fourth-order valence-electron chi connectivity index (χ4n) is 3.94. The molecule has 3 aromatic rings. The molecule has 0 radical (unpaired) electrons. The monoisotopic (exact) mass is 417 g/mol. The molecule has 2 aromatic carbocycles. The lowest BCUT2D eigenvalue weighted by Crippen LogP contribution is -2.38. The van der Waals surface area contributed by atoms with Crippen LogP contribution in [0.25, 0.3) is 22.8 Å². The molecule has 7 nitrogen and oxygen atoms in total. The molecule has 0 bridgehead atoms. The van der Waals surface area contributed by atoms with E-state index < -0.39 is 0 Å². The van der Waals surface area contributed by atoms with Gasteiger partial charge in [-0.05, 0) is 37.1 Å². The highest BCUT2D eigenvalue weighted by Crippen LogP contribution is 2.24. The van der Waals surface area contributed by atoms with Crippen LogP contribution in [0.15, 0.2) is 54.6 Å². The van der Waals surface area contributed by atoms with Crippen molar-refractivity contribution in [3.8, 4) is 22.8 Å². The SMILES string of the molecule is CC(=O)Nc1ccc(-c2nc(-c3ccccc3)n(CC(=O)NC3CCCCC3)n2)cc1. The Hall–Kier alpha value is -3.48. The van der Waals surface area contributed by atoms with Gasteiger partial charge < -0.3 is 10.6 Å². The minimum absolute atomic E-state index is 0.0402. The third kappa shape index (κ3) is 5.36. The van der Waals surface area contributed by atoms with Crippen LogP contribution in [0.2, 0.25) is 0 Å². The van der Waals surface area contributed by atoms with Gasteiger partial charge in [0.15, 0.2) is 11.6 Å². The maximum atomic E-state index is 12.7. The maximum Gasteiger partial charge on any atom is 0.242 e. The molecule has 0 unspecified atom stereocenters. The van der Waals surface area contributed by atoms with E-state index in [-0.39, 0.29) is 24.4 Å². The molecule has 1 aromatic heterocycles. The number of amides is 2. The topological polar surface area (TPSA) is 88.9 Å². The molecule has 31 heavy (non-hydrogen) atoms. The summed E-state index contributed by atoms with van der Waals surface area (Å²) in [5, 5.41) is 10.5. The second-order valence-corrected chi connectivity index (χ2v) is 7.94. The van der Waals surface area contributed by atoms with Gasteiger partial charge >= 0.3 is 0 Å². The second kappa shape index (κ2) is 9.55. The van der Waals surface area contributed by atoms with Crippen LogP contribution >= 0.6 is 0 Å². The molecule has 4 rings (SSSR count). The van der Waals surface area contributed by atoms with Crippen LogP contribution in [-0.4, -0.2) is 32.6 Å². The Bertz CT molecular complexity index is 1040. The van der Waals surface area contributed by atoms with Crippen molar-refractivity contribution in [2.45, 2.75) is 51.6 Å². The number of nitrogens with zero attached hydrogens (tertiary/aromatic N) is 3. The van der Waals surface area contributed by atoms with Crippen LogP contribution in [0.5, 0.6) is 0 Å². The standard InChI is InChI=1S/C24H27N5O2/c1-17(30)25-21-14-12-18(13-15-21)23-27-24(19-8-4-2-5-9-19)29(28-23)16-22(31)26-20-10-6-3-7-11-20/h2,4-5,8-9,12-15,20H,3,6-7,10-11,16H2,1H3,(H,25,30)(H,26,31). The number of aromatic nitrogens is 3. The van der Waals surface area contributed by atoms with E-state index in [4.69, 9.17) is 4.98 Å². The first-order valence-electron chi connectivity index (χ1n) is 10.8. The molecule has 1 saturated carbocycles. The van der Waals surface area contributed by atoms with Gasteiger partial charge in [-0.25, -0.2) is 9.67 Å². The Morgan fingerprint density at radius 1 is 0.968 bits per heavy atom. The fraction of sp³-hybridized carbons (Fsp3) is 0.333. The Kier molecular flexibility index (Phi) is 6.40. The maximum absolute atomic E-state index is 12.7. The van der Waals surface area contributed by atoms with Crippen LogP contribution < -0.4 is 10.6 Å².